The molecule has 21 heavy (non-hydrogen) atoms. The Morgan fingerprint density at radius 2 is 1.67 bits per heavy atom. The number of hydrogen-bond acceptors (Lipinski definition) is 2. The standard InChI is InChI=1S/C17H25NO2S/c1-8-13(5)16(11(2)3)18-21(19,20)17-14(6)9-12(4)10-15(17)7/h9-11,16,18H,1H2,2-7H3/t16-/m0/s1. The van der Waals surface area contributed by atoms with Crippen molar-refractivity contribution >= 4 is 10.0 Å². The fourth-order valence-electron chi connectivity index (χ4n) is 2.65. The molecule has 0 amide bonds. The summed E-state index contributed by atoms with van der Waals surface area (Å²) in [6.45, 7) is 15.0. The van der Waals surface area contributed by atoms with Crippen LogP contribution in [0.5, 0.6) is 0 Å². The van der Waals surface area contributed by atoms with Gasteiger partial charge in [-0.3, -0.25) is 0 Å². The lowest BCUT2D eigenvalue weighted by Crippen LogP contribution is -2.39. The van der Waals surface area contributed by atoms with E-state index >= 15 is 0 Å². The van der Waals surface area contributed by atoms with Crippen LogP contribution in [-0.4, -0.2) is 14.5 Å². The van der Waals surface area contributed by atoms with Gasteiger partial charge in [-0.05, 0) is 50.3 Å². The molecule has 0 saturated carbocycles. The zero-order valence-electron chi connectivity index (χ0n) is 13.7. The van der Waals surface area contributed by atoms with Gasteiger partial charge >= 0.3 is 0 Å². The van der Waals surface area contributed by atoms with Crippen molar-refractivity contribution in [3.05, 3.63) is 46.7 Å². The Kier molecular flexibility index (Phi) is 5.57. The Bertz CT molecular complexity index is 658. The van der Waals surface area contributed by atoms with E-state index in [9.17, 15) is 8.42 Å². The molecule has 1 aromatic carbocycles. The lowest BCUT2D eigenvalue weighted by molar-refractivity contribution is 0.492. The first-order chi connectivity index (χ1) is 9.60. The Morgan fingerprint density at radius 3 is 2.05 bits per heavy atom. The maximum absolute atomic E-state index is 12.7. The van der Waals surface area contributed by atoms with Crippen LogP contribution in [-0.2, 0) is 10.0 Å². The second-order valence-electron chi connectivity index (χ2n) is 5.93. The molecule has 0 saturated heterocycles. The van der Waals surface area contributed by atoms with E-state index in [4.69, 9.17) is 0 Å². The molecular weight excluding hydrogens is 282 g/mol. The summed E-state index contributed by atoms with van der Waals surface area (Å²) in [6, 6.07) is 3.48. The lowest BCUT2D eigenvalue weighted by Gasteiger charge is -2.23. The van der Waals surface area contributed by atoms with Gasteiger partial charge in [-0.15, -0.1) is 5.73 Å². The van der Waals surface area contributed by atoms with Crippen molar-refractivity contribution in [2.24, 2.45) is 5.92 Å². The van der Waals surface area contributed by atoms with Crippen molar-refractivity contribution < 1.29 is 8.42 Å². The predicted molar refractivity (Wildman–Crippen MR) is 87.9 cm³/mol. The minimum atomic E-state index is -3.58. The van der Waals surface area contributed by atoms with Crippen LogP contribution in [0.15, 0.2) is 34.9 Å². The van der Waals surface area contributed by atoms with Crippen LogP contribution in [0.1, 0.15) is 37.5 Å². The van der Waals surface area contributed by atoms with Crippen molar-refractivity contribution in [2.75, 3.05) is 0 Å². The van der Waals surface area contributed by atoms with Gasteiger partial charge in [0.1, 0.15) is 0 Å². The largest absolute Gasteiger partial charge is 0.241 e. The van der Waals surface area contributed by atoms with E-state index in [1.54, 1.807) is 0 Å². The molecule has 4 heteroatoms. The van der Waals surface area contributed by atoms with Crippen molar-refractivity contribution in [3.63, 3.8) is 0 Å². The van der Waals surface area contributed by atoms with Crippen molar-refractivity contribution in [1.82, 2.24) is 4.72 Å². The van der Waals surface area contributed by atoms with Gasteiger partial charge in [0.25, 0.3) is 0 Å². The normalized spacial score (nSPS) is 13.1. The molecule has 3 nitrogen and oxygen atoms in total. The molecule has 0 aliphatic heterocycles. The summed E-state index contributed by atoms with van der Waals surface area (Å²) in [6.07, 6.45) is 0. The number of nitrogens with one attached hydrogen (secondary N) is 1. The van der Waals surface area contributed by atoms with Gasteiger partial charge in [-0.1, -0.05) is 38.1 Å². The number of sulfonamides is 1. The quantitative estimate of drug-likeness (QED) is 0.844. The van der Waals surface area contributed by atoms with Crippen LogP contribution >= 0.6 is 0 Å². The van der Waals surface area contributed by atoms with Gasteiger partial charge in [0, 0.05) is 0 Å². The maximum Gasteiger partial charge on any atom is 0.241 e. The summed E-state index contributed by atoms with van der Waals surface area (Å²) in [7, 11) is -3.58. The molecule has 0 heterocycles. The summed E-state index contributed by atoms with van der Waals surface area (Å²) < 4.78 is 28.3. The molecule has 0 aromatic heterocycles. The van der Waals surface area contributed by atoms with Gasteiger partial charge in [0.15, 0.2) is 0 Å². The van der Waals surface area contributed by atoms with E-state index in [1.807, 2.05) is 53.7 Å². The van der Waals surface area contributed by atoms with E-state index in [-0.39, 0.29) is 12.0 Å². The van der Waals surface area contributed by atoms with Crippen LogP contribution in [0, 0.1) is 26.7 Å². The molecule has 1 aromatic rings. The summed E-state index contributed by atoms with van der Waals surface area (Å²) in [4.78, 5) is 0.371. The van der Waals surface area contributed by atoms with Gasteiger partial charge in [0.05, 0.1) is 10.9 Å². The molecule has 0 spiro atoms. The number of benzene rings is 1. The van der Waals surface area contributed by atoms with E-state index in [0.717, 1.165) is 22.3 Å². The number of aryl methyl sites for hydroxylation is 3. The average Bonchev–Trinajstić information content (AvgIpc) is 2.33. The summed E-state index contributed by atoms with van der Waals surface area (Å²) in [5.41, 5.74) is 6.19. The first kappa shape index (κ1) is 17.7. The second-order valence-corrected chi connectivity index (χ2v) is 7.58. The van der Waals surface area contributed by atoms with E-state index in [2.05, 4.69) is 17.0 Å². The third-order valence-electron chi connectivity index (χ3n) is 3.57. The topological polar surface area (TPSA) is 46.2 Å². The van der Waals surface area contributed by atoms with E-state index < -0.39 is 10.0 Å². The highest BCUT2D eigenvalue weighted by molar-refractivity contribution is 7.89. The summed E-state index contributed by atoms with van der Waals surface area (Å²) in [5.74, 6) is 0.125. The molecule has 0 fully saturated rings. The minimum Gasteiger partial charge on any atom is -0.207 e. The smallest absolute Gasteiger partial charge is 0.207 e. The third-order valence-corrected chi connectivity index (χ3v) is 5.31. The van der Waals surface area contributed by atoms with Crippen LogP contribution in [0.25, 0.3) is 0 Å². The summed E-state index contributed by atoms with van der Waals surface area (Å²) in [5, 5.41) is 0. The summed E-state index contributed by atoms with van der Waals surface area (Å²) >= 11 is 0. The van der Waals surface area contributed by atoms with Gasteiger partial charge in [0.2, 0.25) is 10.0 Å². The highest BCUT2D eigenvalue weighted by Crippen LogP contribution is 2.23. The van der Waals surface area contributed by atoms with Gasteiger partial charge in [-0.2, -0.15) is 0 Å². The Labute approximate surface area is 128 Å². The zero-order valence-corrected chi connectivity index (χ0v) is 14.6. The Hall–Kier alpha value is -1.35. The molecule has 0 aliphatic carbocycles. The molecule has 1 N–H and O–H groups in total. The molecule has 0 radical (unpaired) electrons. The monoisotopic (exact) mass is 307 g/mol. The Morgan fingerprint density at radius 1 is 1.19 bits per heavy atom. The van der Waals surface area contributed by atoms with E-state index in [0.29, 0.717) is 4.90 Å². The van der Waals surface area contributed by atoms with Crippen LogP contribution in [0.4, 0.5) is 0 Å². The first-order valence-electron chi connectivity index (χ1n) is 7.07. The average molecular weight is 307 g/mol. The fraction of sp³-hybridized carbons (Fsp3) is 0.471. The molecule has 1 rings (SSSR count). The minimum absolute atomic E-state index is 0.125. The van der Waals surface area contributed by atoms with Gasteiger partial charge < -0.3 is 0 Å². The number of hydrogen-bond donors (Lipinski definition) is 1. The molecule has 0 bridgehead atoms. The highest BCUT2D eigenvalue weighted by atomic mass is 32.2. The lowest BCUT2D eigenvalue weighted by atomic mass is 9.99. The van der Waals surface area contributed by atoms with Crippen LogP contribution in [0.2, 0.25) is 0 Å². The van der Waals surface area contributed by atoms with E-state index in [1.165, 1.54) is 0 Å². The Balaban J connectivity index is 3.33. The van der Waals surface area contributed by atoms with Gasteiger partial charge in [-0.25, -0.2) is 13.1 Å². The highest BCUT2D eigenvalue weighted by Gasteiger charge is 2.26. The van der Waals surface area contributed by atoms with Crippen molar-refractivity contribution in [3.8, 4) is 0 Å². The SMILES string of the molecule is C=C=C(C)[C@@H](NS(=O)(=O)c1c(C)cc(C)cc1C)C(C)C. The number of rotatable bonds is 5. The van der Waals surface area contributed by atoms with Crippen LogP contribution in [0.3, 0.4) is 0 Å². The molecule has 116 valence electrons. The predicted octanol–water partition coefficient (Wildman–Crippen LogP) is 3.65. The molecule has 1 atom stereocenters. The maximum atomic E-state index is 12.7. The zero-order chi connectivity index (χ0) is 16.4. The second kappa shape index (κ2) is 6.61. The third kappa shape index (κ3) is 4.07. The molecular formula is C17H25NO2S. The van der Waals surface area contributed by atoms with Crippen molar-refractivity contribution in [2.45, 2.75) is 52.5 Å². The van der Waals surface area contributed by atoms with Crippen molar-refractivity contribution in [1.29, 1.82) is 0 Å². The fourth-order valence-corrected chi connectivity index (χ4v) is 4.52. The first-order valence-corrected chi connectivity index (χ1v) is 8.55. The molecule has 0 aliphatic rings. The molecule has 0 unspecified atom stereocenters. The van der Waals surface area contributed by atoms with Crippen LogP contribution < -0.4 is 4.72 Å².